The van der Waals surface area contributed by atoms with Gasteiger partial charge in [-0.2, -0.15) is 0 Å². The van der Waals surface area contributed by atoms with Crippen LogP contribution in [0, 0.1) is 0 Å². The lowest BCUT2D eigenvalue weighted by Crippen LogP contribution is -2.60. The molecule has 2 aliphatic rings. The Labute approximate surface area is 89.6 Å². The first-order valence-corrected chi connectivity index (χ1v) is 5.40. The molecule has 0 aromatic carbocycles. The van der Waals surface area contributed by atoms with E-state index in [1.54, 1.807) is 0 Å². The predicted molar refractivity (Wildman–Crippen MR) is 54.9 cm³/mol. The summed E-state index contributed by atoms with van der Waals surface area (Å²) in [6.07, 6.45) is 0.617. The molecule has 0 saturated carbocycles. The Morgan fingerprint density at radius 2 is 2.00 bits per heavy atom. The molecule has 2 fully saturated rings. The zero-order valence-electron chi connectivity index (χ0n) is 9.11. The van der Waals surface area contributed by atoms with Gasteiger partial charge in [-0.3, -0.25) is 9.69 Å². The number of carboxylic acids is 1. The molecule has 0 bridgehead atoms. The highest BCUT2D eigenvalue weighted by atomic mass is 16.5. The van der Waals surface area contributed by atoms with Crippen LogP contribution in [0.5, 0.6) is 0 Å². The second-order valence-corrected chi connectivity index (χ2v) is 4.43. The summed E-state index contributed by atoms with van der Waals surface area (Å²) in [5.41, 5.74) is -0.749. The Bertz CT molecular complexity index is 243. The first kappa shape index (κ1) is 10.9. The Hall–Kier alpha value is -0.650. The minimum Gasteiger partial charge on any atom is -0.480 e. The number of piperazine rings is 1. The topological polar surface area (TPSA) is 53.0 Å². The fourth-order valence-corrected chi connectivity index (χ4v) is 2.34. The van der Waals surface area contributed by atoms with Gasteiger partial charge in [0.1, 0.15) is 5.54 Å². The van der Waals surface area contributed by atoms with Gasteiger partial charge in [-0.25, -0.2) is 0 Å². The van der Waals surface area contributed by atoms with Gasteiger partial charge in [0.15, 0.2) is 0 Å². The zero-order chi connectivity index (χ0) is 10.9. The van der Waals surface area contributed by atoms with Crippen molar-refractivity contribution in [2.75, 3.05) is 46.4 Å². The molecule has 0 radical (unpaired) electrons. The molecule has 0 amide bonds. The minimum absolute atomic E-state index is 0.339. The average molecular weight is 214 g/mol. The molecule has 5 heteroatoms. The fourth-order valence-electron chi connectivity index (χ4n) is 2.34. The van der Waals surface area contributed by atoms with E-state index in [1.165, 1.54) is 0 Å². The Balaban J connectivity index is 2.08. The van der Waals surface area contributed by atoms with E-state index in [0.29, 0.717) is 19.6 Å². The lowest BCUT2D eigenvalue weighted by atomic mass is 9.95. The highest BCUT2D eigenvalue weighted by Crippen LogP contribution is 2.27. The van der Waals surface area contributed by atoms with E-state index in [9.17, 15) is 9.90 Å². The lowest BCUT2D eigenvalue weighted by Gasteiger charge is -2.41. The summed E-state index contributed by atoms with van der Waals surface area (Å²) in [4.78, 5) is 15.7. The predicted octanol–water partition coefficient (Wildman–Crippen LogP) is -0.522. The lowest BCUT2D eigenvalue weighted by molar-refractivity contribution is -0.153. The Kier molecular flexibility index (Phi) is 2.95. The van der Waals surface area contributed by atoms with Crippen molar-refractivity contribution in [3.8, 4) is 0 Å². The normalized spacial score (nSPS) is 34.5. The molecule has 2 saturated heterocycles. The molecule has 15 heavy (non-hydrogen) atoms. The summed E-state index contributed by atoms with van der Waals surface area (Å²) in [5.74, 6) is -0.732. The van der Waals surface area contributed by atoms with Crippen molar-refractivity contribution >= 4 is 5.97 Å². The van der Waals surface area contributed by atoms with Crippen LogP contribution >= 0.6 is 0 Å². The number of hydrogen-bond acceptors (Lipinski definition) is 4. The van der Waals surface area contributed by atoms with Crippen molar-refractivity contribution in [3.05, 3.63) is 0 Å². The maximum Gasteiger partial charge on any atom is 0.326 e. The average Bonchev–Trinajstić information content (AvgIpc) is 2.69. The Morgan fingerprint density at radius 3 is 2.47 bits per heavy atom. The molecule has 1 atom stereocenters. The zero-order valence-corrected chi connectivity index (χ0v) is 9.11. The molecule has 5 nitrogen and oxygen atoms in total. The summed E-state index contributed by atoms with van der Waals surface area (Å²) in [5, 5.41) is 9.35. The molecule has 1 N–H and O–H groups in total. The molecule has 0 aromatic rings. The van der Waals surface area contributed by atoms with E-state index < -0.39 is 11.5 Å². The molecule has 0 aliphatic carbocycles. The van der Waals surface area contributed by atoms with Crippen LogP contribution in [-0.4, -0.2) is 72.9 Å². The van der Waals surface area contributed by atoms with E-state index in [0.717, 1.165) is 26.2 Å². The van der Waals surface area contributed by atoms with E-state index in [-0.39, 0.29) is 0 Å². The quantitative estimate of drug-likeness (QED) is 0.670. The number of carboxylic acid groups (broad SMARTS) is 1. The molecule has 86 valence electrons. The SMILES string of the molecule is CN1CCN(C2(C(=O)O)CCOC2)CC1. The van der Waals surface area contributed by atoms with Gasteiger partial charge < -0.3 is 14.7 Å². The number of ether oxygens (including phenoxy) is 1. The minimum atomic E-state index is -0.749. The number of rotatable bonds is 2. The van der Waals surface area contributed by atoms with Crippen molar-refractivity contribution in [1.82, 2.24) is 9.80 Å². The molecular weight excluding hydrogens is 196 g/mol. The molecule has 2 rings (SSSR count). The molecule has 2 heterocycles. The van der Waals surface area contributed by atoms with Crippen LogP contribution in [0.15, 0.2) is 0 Å². The van der Waals surface area contributed by atoms with Crippen LogP contribution < -0.4 is 0 Å². The monoisotopic (exact) mass is 214 g/mol. The third kappa shape index (κ3) is 1.87. The highest BCUT2D eigenvalue weighted by Gasteiger charge is 2.48. The standard InChI is InChI=1S/C10H18N2O3/c1-11-3-5-12(6-4-11)10(9(13)14)2-7-15-8-10/h2-8H2,1H3,(H,13,14). The smallest absolute Gasteiger partial charge is 0.326 e. The van der Waals surface area contributed by atoms with Gasteiger partial charge in [0.25, 0.3) is 0 Å². The van der Waals surface area contributed by atoms with Crippen LogP contribution in [0.1, 0.15) is 6.42 Å². The van der Waals surface area contributed by atoms with Crippen LogP contribution in [0.25, 0.3) is 0 Å². The van der Waals surface area contributed by atoms with E-state index in [4.69, 9.17) is 4.74 Å². The number of hydrogen-bond donors (Lipinski definition) is 1. The van der Waals surface area contributed by atoms with Crippen LogP contribution in [-0.2, 0) is 9.53 Å². The summed E-state index contributed by atoms with van der Waals surface area (Å²) in [6.45, 7) is 4.44. The van der Waals surface area contributed by atoms with Crippen molar-refractivity contribution in [2.45, 2.75) is 12.0 Å². The third-order valence-corrected chi connectivity index (χ3v) is 3.51. The Morgan fingerprint density at radius 1 is 1.33 bits per heavy atom. The molecule has 1 unspecified atom stereocenters. The fraction of sp³-hybridized carbons (Fsp3) is 0.900. The van der Waals surface area contributed by atoms with Gasteiger partial charge in [0.05, 0.1) is 6.61 Å². The first-order valence-electron chi connectivity index (χ1n) is 5.40. The van der Waals surface area contributed by atoms with E-state index >= 15 is 0 Å². The third-order valence-electron chi connectivity index (χ3n) is 3.51. The molecule has 0 aromatic heterocycles. The molecule has 0 spiro atoms. The summed E-state index contributed by atoms with van der Waals surface area (Å²) in [6, 6.07) is 0. The van der Waals surface area contributed by atoms with Gasteiger partial charge in [0.2, 0.25) is 0 Å². The van der Waals surface area contributed by atoms with Crippen LogP contribution in [0.2, 0.25) is 0 Å². The van der Waals surface area contributed by atoms with E-state index in [2.05, 4.69) is 16.8 Å². The largest absolute Gasteiger partial charge is 0.480 e. The van der Waals surface area contributed by atoms with Crippen molar-refractivity contribution in [3.63, 3.8) is 0 Å². The van der Waals surface area contributed by atoms with Crippen molar-refractivity contribution in [2.24, 2.45) is 0 Å². The summed E-state index contributed by atoms with van der Waals surface area (Å²) >= 11 is 0. The number of aliphatic carboxylic acids is 1. The van der Waals surface area contributed by atoms with Crippen LogP contribution in [0.4, 0.5) is 0 Å². The highest BCUT2D eigenvalue weighted by molar-refractivity contribution is 5.79. The maximum absolute atomic E-state index is 11.4. The maximum atomic E-state index is 11.4. The number of nitrogens with zero attached hydrogens (tertiary/aromatic N) is 2. The number of likely N-dealkylation sites (N-methyl/N-ethyl adjacent to an activating group) is 1. The van der Waals surface area contributed by atoms with Gasteiger partial charge in [-0.15, -0.1) is 0 Å². The van der Waals surface area contributed by atoms with Crippen molar-refractivity contribution < 1.29 is 14.6 Å². The van der Waals surface area contributed by atoms with Gasteiger partial charge in [0, 0.05) is 39.2 Å². The second-order valence-electron chi connectivity index (χ2n) is 4.43. The van der Waals surface area contributed by atoms with Gasteiger partial charge in [-0.05, 0) is 7.05 Å². The summed E-state index contributed by atoms with van der Waals surface area (Å²) < 4.78 is 5.27. The van der Waals surface area contributed by atoms with Crippen molar-refractivity contribution in [1.29, 1.82) is 0 Å². The van der Waals surface area contributed by atoms with E-state index in [1.807, 2.05) is 0 Å². The first-order chi connectivity index (χ1) is 7.15. The second kappa shape index (κ2) is 4.08. The van der Waals surface area contributed by atoms with Crippen LogP contribution in [0.3, 0.4) is 0 Å². The van der Waals surface area contributed by atoms with Gasteiger partial charge in [-0.1, -0.05) is 0 Å². The van der Waals surface area contributed by atoms with Gasteiger partial charge >= 0.3 is 5.97 Å². The number of carbonyl (C=O) groups is 1. The molecule has 2 aliphatic heterocycles. The molecular formula is C10H18N2O3. The summed E-state index contributed by atoms with van der Waals surface area (Å²) in [7, 11) is 2.07.